The predicted octanol–water partition coefficient (Wildman–Crippen LogP) is 4.00. The Kier molecular flexibility index (Phi) is 5.97. The summed E-state index contributed by atoms with van der Waals surface area (Å²) >= 11 is 0. The summed E-state index contributed by atoms with van der Waals surface area (Å²) in [6, 6.07) is 17.3. The van der Waals surface area contributed by atoms with Crippen LogP contribution in [0, 0.1) is 11.6 Å². The van der Waals surface area contributed by atoms with E-state index in [2.05, 4.69) is 0 Å². The van der Waals surface area contributed by atoms with E-state index in [1.165, 1.54) is 24.3 Å². The molecule has 166 valence electrons. The van der Waals surface area contributed by atoms with Gasteiger partial charge in [-0.3, -0.25) is 4.79 Å². The van der Waals surface area contributed by atoms with Crippen LogP contribution < -0.4 is 4.90 Å². The van der Waals surface area contributed by atoms with Crippen LogP contribution in [0.15, 0.2) is 71.6 Å². The van der Waals surface area contributed by atoms with Gasteiger partial charge in [0.2, 0.25) is 0 Å². The van der Waals surface area contributed by atoms with Gasteiger partial charge in [-0.25, -0.2) is 17.2 Å². The number of nitrogens with zero attached hydrogens (tertiary/aromatic N) is 2. The molecule has 8 heteroatoms. The molecule has 1 aliphatic rings. The van der Waals surface area contributed by atoms with Gasteiger partial charge in [0.1, 0.15) is 11.6 Å². The molecule has 1 heterocycles. The molecule has 3 aromatic rings. The molecule has 1 amide bonds. The minimum atomic E-state index is -3.49. The second kappa shape index (κ2) is 8.70. The first-order valence-corrected chi connectivity index (χ1v) is 12.0. The number of rotatable bonds is 4. The smallest absolute Gasteiger partial charge is 0.254 e. The fraction of sp³-hybridized carbons (Fsp3) is 0.208. The number of sulfone groups is 1. The zero-order chi connectivity index (χ0) is 22.9. The molecule has 32 heavy (non-hydrogen) atoms. The first-order valence-electron chi connectivity index (χ1n) is 10.1. The number of carbonyl (C=O) groups is 1. The SMILES string of the molecule is CS(=O)(=O)c1ccc(-c2ccccc2)c(C(=O)N2CCN(c3ccc(F)cc3F)CC2)c1. The van der Waals surface area contributed by atoms with Crippen LogP contribution in [0.4, 0.5) is 14.5 Å². The molecule has 0 spiro atoms. The molecular weight excluding hydrogens is 434 g/mol. The Morgan fingerprint density at radius 1 is 0.875 bits per heavy atom. The van der Waals surface area contributed by atoms with Crippen molar-refractivity contribution in [2.75, 3.05) is 37.3 Å². The largest absolute Gasteiger partial charge is 0.366 e. The quantitative estimate of drug-likeness (QED) is 0.596. The number of amides is 1. The van der Waals surface area contributed by atoms with Crippen molar-refractivity contribution in [3.8, 4) is 11.1 Å². The number of anilines is 1. The van der Waals surface area contributed by atoms with Crippen molar-refractivity contribution in [3.63, 3.8) is 0 Å². The maximum atomic E-state index is 14.1. The zero-order valence-corrected chi connectivity index (χ0v) is 18.3. The summed E-state index contributed by atoms with van der Waals surface area (Å²) in [5.74, 6) is -1.56. The Morgan fingerprint density at radius 2 is 1.56 bits per heavy atom. The molecule has 0 atom stereocenters. The van der Waals surface area contributed by atoms with E-state index in [1.54, 1.807) is 15.9 Å². The van der Waals surface area contributed by atoms with Gasteiger partial charge in [0, 0.05) is 44.1 Å². The summed E-state index contributed by atoms with van der Waals surface area (Å²) in [5.41, 5.74) is 2.06. The molecule has 0 radical (unpaired) electrons. The van der Waals surface area contributed by atoms with Gasteiger partial charge in [0.25, 0.3) is 5.91 Å². The standard InChI is InChI=1S/C24H22F2N2O3S/c1-32(30,31)19-8-9-20(17-5-3-2-4-6-17)21(16-19)24(29)28-13-11-27(12-14-28)23-10-7-18(25)15-22(23)26/h2-10,15-16H,11-14H2,1H3. The van der Waals surface area contributed by atoms with Crippen LogP contribution in [0.1, 0.15) is 10.4 Å². The lowest BCUT2D eigenvalue weighted by atomic mass is 9.98. The number of hydrogen-bond acceptors (Lipinski definition) is 4. The van der Waals surface area contributed by atoms with Gasteiger partial charge in [0.05, 0.1) is 10.6 Å². The van der Waals surface area contributed by atoms with Crippen molar-refractivity contribution in [1.29, 1.82) is 0 Å². The number of piperazine rings is 1. The average Bonchev–Trinajstić information content (AvgIpc) is 2.78. The summed E-state index contributed by atoms with van der Waals surface area (Å²) in [6.07, 6.45) is 1.11. The predicted molar refractivity (Wildman–Crippen MR) is 119 cm³/mol. The van der Waals surface area contributed by atoms with Crippen LogP contribution >= 0.6 is 0 Å². The lowest BCUT2D eigenvalue weighted by Crippen LogP contribution is -2.49. The molecule has 0 bridgehead atoms. The van der Waals surface area contributed by atoms with E-state index in [-0.39, 0.29) is 10.8 Å². The topological polar surface area (TPSA) is 57.7 Å². The van der Waals surface area contributed by atoms with Crippen LogP contribution in [0.25, 0.3) is 11.1 Å². The van der Waals surface area contributed by atoms with Gasteiger partial charge in [-0.15, -0.1) is 0 Å². The maximum Gasteiger partial charge on any atom is 0.254 e. The van der Waals surface area contributed by atoms with Crippen LogP contribution in [0.2, 0.25) is 0 Å². The summed E-state index contributed by atoms with van der Waals surface area (Å²) in [6.45, 7) is 1.40. The van der Waals surface area contributed by atoms with Crippen molar-refractivity contribution in [2.45, 2.75) is 4.90 Å². The minimum Gasteiger partial charge on any atom is -0.366 e. The number of carbonyl (C=O) groups excluding carboxylic acids is 1. The van der Waals surface area contributed by atoms with Crippen LogP contribution in [0.3, 0.4) is 0 Å². The molecule has 1 aliphatic heterocycles. The highest BCUT2D eigenvalue weighted by Gasteiger charge is 2.26. The molecule has 0 saturated carbocycles. The Hall–Kier alpha value is -3.26. The van der Waals surface area contributed by atoms with Crippen molar-refractivity contribution in [2.24, 2.45) is 0 Å². The van der Waals surface area contributed by atoms with Gasteiger partial charge < -0.3 is 9.80 Å². The summed E-state index contributed by atoms with van der Waals surface area (Å²) in [7, 11) is -3.49. The van der Waals surface area contributed by atoms with E-state index in [4.69, 9.17) is 0 Å². The van der Waals surface area contributed by atoms with Crippen molar-refractivity contribution in [1.82, 2.24) is 4.90 Å². The third-order valence-electron chi connectivity index (χ3n) is 5.55. The van der Waals surface area contributed by atoms with Crippen molar-refractivity contribution < 1.29 is 22.0 Å². The molecule has 1 saturated heterocycles. The molecular formula is C24H22F2N2O3S. The Balaban J connectivity index is 1.61. The van der Waals surface area contributed by atoms with Crippen LogP contribution in [-0.2, 0) is 9.84 Å². The van der Waals surface area contributed by atoms with Crippen molar-refractivity contribution in [3.05, 3.63) is 83.9 Å². The van der Waals surface area contributed by atoms with Gasteiger partial charge in [-0.1, -0.05) is 36.4 Å². The van der Waals surface area contributed by atoms with E-state index in [9.17, 15) is 22.0 Å². The third kappa shape index (κ3) is 4.50. The van der Waals surface area contributed by atoms with E-state index in [1.807, 2.05) is 30.3 Å². The molecule has 0 unspecified atom stereocenters. The van der Waals surface area contributed by atoms with E-state index >= 15 is 0 Å². The molecule has 5 nitrogen and oxygen atoms in total. The monoisotopic (exact) mass is 456 g/mol. The molecule has 0 aliphatic carbocycles. The van der Waals surface area contributed by atoms with Gasteiger partial charge in [-0.05, 0) is 35.4 Å². The summed E-state index contributed by atoms with van der Waals surface area (Å²) < 4.78 is 51.5. The average molecular weight is 457 g/mol. The van der Waals surface area contributed by atoms with Crippen LogP contribution in [-0.4, -0.2) is 51.7 Å². The highest BCUT2D eigenvalue weighted by atomic mass is 32.2. The van der Waals surface area contributed by atoms with E-state index in [0.29, 0.717) is 43.0 Å². The molecule has 3 aromatic carbocycles. The lowest BCUT2D eigenvalue weighted by molar-refractivity contribution is 0.0747. The third-order valence-corrected chi connectivity index (χ3v) is 6.66. The molecule has 4 rings (SSSR count). The second-order valence-corrected chi connectivity index (χ2v) is 9.74. The summed E-state index contributed by atoms with van der Waals surface area (Å²) in [4.78, 5) is 16.9. The zero-order valence-electron chi connectivity index (χ0n) is 17.5. The minimum absolute atomic E-state index is 0.0764. The van der Waals surface area contributed by atoms with Gasteiger partial charge >= 0.3 is 0 Å². The Morgan fingerprint density at radius 3 is 2.19 bits per heavy atom. The number of halogens is 2. The number of benzene rings is 3. The first-order chi connectivity index (χ1) is 15.2. The van der Waals surface area contributed by atoms with Gasteiger partial charge in [-0.2, -0.15) is 0 Å². The fourth-order valence-corrected chi connectivity index (χ4v) is 4.51. The van der Waals surface area contributed by atoms with Gasteiger partial charge in [0.15, 0.2) is 9.84 Å². The maximum absolute atomic E-state index is 14.1. The normalized spacial score (nSPS) is 14.5. The summed E-state index contributed by atoms with van der Waals surface area (Å²) in [5, 5.41) is 0. The van der Waals surface area contributed by atoms with Crippen molar-refractivity contribution >= 4 is 21.4 Å². The molecule has 0 N–H and O–H groups in total. The van der Waals surface area contributed by atoms with Crippen LogP contribution in [0.5, 0.6) is 0 Å². The highest BCUT2D eigenvalue weighted by molar-refractivity contribution is 7.90. The van der Waals surface area contributed by atoms with E-state index < -0.39 is 21.5 Å². The fourth-order valence-electron chi connectivity index (χ4n) is 3.86. The lowest BCUT2D eigenvalue weighted by Gasteiger charge is -2.36. The Bertz CT molecular complexity index is 1260. The van der Waals surface area contributed by atoms with E-state index in [0.717, 1.165) is 17.9 Å². The molecule has 1 fully saturated rings. The first kappa shape index (κ1) is 22.0. The Labute approximate surface area is 185 Å². The second-order valence-electron chi connectivity index (χ2n) is 7.72. The number of hydrogen-bond donors (Lipinski definition) is 0. The highest BCUT2D eigenvalue weighted by Crippen LogP contribution is 2.28. The molecule has 0 aromatic heterocycles.